The number of halogens is 2. The molecule has 0 saturated heterocycles. The summed E-state index contributed by atoms with van der Waals surface area (Å²) in [7, 11) is 0. The number of rotatable bonds is 15. The number of fused-ring (bicyclic) bond motifs is 4. The van der Waals surface area contributed by atoms with Gasteiger partial charge in [0.2, 0.25) is 59.1 Å². The number of H-pyrrole nitrogens is 3. The van der Waals surface area contributed by atoms with E-state index in [9.17, 15) is 62.1 Å². The Labute approximate surface area is 574 Å². The van der Waals surface area contributed by atoms with E-state index in [0.29, 0.717) is 64.2 Å². The maximum atomic E-state index is 15.0. The number of imidazole rings is 1. The average molecular weight is 1400 g/mol. The number of carboxylic acid groups (broad SMARTS) is 1. The number of benzene rings is 4. The third-order valence-corrected chi connectivity index (χ3v) is 18.9. The second-order valence-electron chi connectivity index (χ2n) is 24.3. The van der Waals surface area contributed by atoms with Gasteiger partial charge in [0.05, 0.1) is 19.3 Å². The van der Waals surface area contributed by atoms with Crippen molar-refractivity contribution < 1.29 is 71.7 Å². The number of aliphatic carboxylic acids is 1. The molecule has 2 aliphatic rings. The zero-order valence-corrected chi connectivity index (χ0v) is 55.1. The van der Waals surface area contributed by atoms with Gasteiger partial charge in [0.1, 0.15) is 65.2 Å². The Morgan fingerprint density at radius 2 is 1.17 bits per heavy atom. The Kier molecular flexibility index (Phi) is 25.2. The van der Waals surface area contributed by atoms with Gasteiger partial charge in [-0.3, -0.25) is 52.7 Å². The van der Waals surface area contributed by atoms with E-state index in [0.717, 1.165) is 17.2 Å². The van der Waals surface area contributed by atoms with Crippen molar-refractivity contribution in [2.75, 3.05) is 24.6 Å². The standard InChI is InChI=1S/C67H77F2N15O13S2/c68-41-9-13-47-45(24-41)39(28-73-47)22-51-61(92)80-52(23-40-29-74-48-14-10-42(69)25-46(40)48)62(93)82-54(27-58(88)89)64(95)81-53(26-43-30-72-35-76-43)63(94)79-50(21-36-7-11-44(85)12-8-36)65(96)84-67(16-17-67)66(97)83-55(59(71)90)34-99-33-38-5-3-4-37(20-38)32-98-19-15-56(86)77-49(6-1-2-18-70)60(91)75-31-57(87)78-51/h3-5,7-14,20,24-25,28-30,35,49-55,73-74,85H,1-2,6,15-19,21-23,26-27,31-34,70H2,(H2,71,90)(H,72,76)(H,75,91)(H,77,86)(H,78,87)(H,79,94)(H,80,92)(H,81,95)(H,82,93)(H,83,97)(H,84,96)(H,88,89)/t49-,50-,51-,52-,53-,54-,55-/m0/s1. The normalized spacial score (nSPS) is 21.7. The highest BCUT2D eigenvalue weighted by Gasteiger charge is 2.53. The fourth-order valence-corrected chi connectivity index (χ4v) is 13.1. The molecule has 0 radical (unpaired) electrons. The first-order chi connectivity index (χ1) is 47.5. The number of carbonyl (C=O) groups excluding carboxylic acids is 10. The molecule has 99 heavy (non-hydrogen) atoms. The molecule has 10 amide bonds. The van der Waals surface area contributed by atoms with E-state index < -0.39 is 144 Å². The molecule has 1 spiro atoms. The van der Waals surface area contributed by atoms with Gasteiger partial charge in [-0.1, -0.05) is 36.4 Å². The maximum absolute atomic E-state index is 15.0. The number of aromatic hydroxyl groups is 1. The van der Waals surface area contributed by atoms with Gasteiger partial charge in [0.25, 0.3) is 0 Å². The van der Waals surface area contributed by atoms with Gasteiger partial charge in [-0.25, -0.2) is 13.8 Å². The fourth-order valence-electron chi connectivity index (χ4n) is 11.2. The summed E-state index contributed by atoms with van der Waals surface area (Å²) < 4.78 is 29.8. The molecule has 3 aromatic heterocycles. The molecule has 2 bridgehead atoms. The molecule has 18 N–H and O–H groups in total. The van der Waals surface area contributed by atoms with E-state index in [2.05, 4.69) is 67.8 Å². The number of hydrogen-bond donors (Lipinski definition) is 16. The number of aromatic amines is 3. The molecule has 1 saturated carbocycles. The molecule has 1 aliphatic carbocycles. The number of thioether (sulfide) groups is 2. The SMILES string of the molecule is NCCCC[C@@H]1NC(=O)CCSCc2cccc(c2)CSC[C@@H](C(N)=O)NC(=O)C2(CC2)NC(=O)[C@H](Cc2ccc(O)cc2)NC(=O)[C@H](Cc2cnc[nH]2)NC(=O)[C@H](CC(=O)O)NC(=O)[C@H](Cc2c[nH]c3ccc(F)cc23)NC(=O)[C@H](Cc2c[nH]c3ccc(F)cc23)NC(=O)CNC1=O. The van der Waals surface area contributed by atoms with Crippen LogP contribution in [0.2, 0.25) is 0 Å². The quantitative estimate of drug-likeness (QED) is 0.0646. The van der Waals surface area contributed by atoms with Gasteiger partial charge in [-0.05, 0) is 115 Å². The van der Waals surface area contributed by atoms with Gasteiger partial charge < -0.3 is 84.5 Å². The third-order valence-electron chi connectivity index (χ3n) is 16.7. The van der Waals surface area contributed by atoms with Gasteiger partial charge in [-0.15, -0.1) is 0 Å². The predicted octanol–water partition coefficient (Wildman–Crippen LogP) is 1.44. The minimum absolute atomic E-state index is 0.00874. The van der Waals surface area contributed by atoms with Crippen molar-refractivity contribution in [3.8, 4) is 5.75 Å². The van der Waals surface area contributed by atoms with Crippen LogP contribution in [0.5, 0.6) is 5.75 Å². The van der Waals surface area contributed by atoms with E-state index in [4.69, 9.17) is 11.5 Å². The molecule has 4 heterocycles. The summed E-state index contributed by atoms with van der Waals surface area (Å²) in [5.74, 6) is -10.9. The second kappa shape index (κ2) is 34.2. The van der Waals surface area contributed by atoms with Crippen molar-refractivity contribution in [3.63, 3.8) is 0 Å². The number of primary amides is 1. The Morgan fingerprint density at radius 1 is 0.606 bits per heavy atom. The summed E-state index contributed by atoms with van der Waals surface area (Å²) in [4.78, 5) is 168. The predicted molar refractivity (Wildman–Crippen MR) is 362 cm³/mol. The number of amides is 10. The van der Waals surface area contributed by atoms with E-state index in [1.165, 1.54) is 103 Å². The highest BCUT2D eigenvalue weighted by Crippen LogP contribution is 2.36. The summed E-state index contributed by atoms with van der Waals surface area (Å²) in [6, 6.07) is 9.83. The number of nitrogens with two attached hydrogens (primary N) is 2. The molecule has 7 aromatic rings. The van der Waals surface area contributed by atoms with Crippen molar-refractivity contribution in [1.82, 2.24) is 67.8 Å². The summed E-state index contributed by atoms with van der Waals surface area (Å²) >= 11 is 2.77. The number of hydrogen-bond acceptors (Lipinski definition) is 16. The molecule has 0 unspecified atom stereocenters. The van der Waals surface area contributed by atoms with Crippen LogP contribution in [-0.2, 0) is 89.9 Å². The highest BCUT2D eigenvalue weighted by atomic mass is 32.2. The topological polar surface area (TPSA) is 449 Å². The first kappa shape index (κ1) is 72.9. The van der Waals surface area contributed by atoms with E-state index in [-0.39, 0.29) is 73.1 Å². The minimum atomic E-state index is -2.05. The lowest BCUT2D eigenvalue weighted by Gasteiger charge is -2.27. The van der Waals surface area contributed by atoms with Crippen molar-refractivity contribution in [2.24, 2.45) is 11.5 Å². The maximum Gasteiger partial charge on any atom is 0.305 e. The summed E-state index contributed by atoms with van der Waals surface area (Å²) in [6.07, 6.45) is 4.19. The largest absolute Gasteiger partial charge is 0.508 e. The molecular formula is C67H77F2N15O13S2. The number of carbonyl (C=O) groups is 11. The van der Waals surface area contributed by atoms with Crippen LogP contribution in [0.3, 0.4) is 0 Å². The number of nitrogens with one attached hydrogen (secondary N) is 12. The average Bonchev–Trinajstić information content (AvgIpc) is 1.63. The molecule has 28 nitrogen and oxygen atoms in total. The molecule has 1 fully saturated rings. The Morgan fingerprint density at radius 3 is 1.75 bits per heavy atom. The number of phenolic OH excluding ortho intramolecular Hbond substituents is 1. The van der Waals surface area contributed by atoms with Crippen molar-refractivity contribution >= 4 is 110 Å². The van der Waals surface area contributed by atoms with Crippen molar-refractivity contribution in [2.45, 2.75) is 130 Å². The number of carboxylic acids is 1. The zero-order valence-electron chi connectivity index (χ0n) is 53.5. The fraction of sp³-hybridized carbons (Fsp3) is 0.373. The van der Waals surface area contributed by atoms with E-state index in [1.54, 1.807) is 0 Å². The van der Waals surface area contributed by atoms with Crippen LogP contribution in [0.1, 0.15) is 78.5 Å². The molecular weight excluding hydrogens is 1320 g/mol. The summed E-state index contributed by atoms with van der Waals surface area (Å²) in [6.45, 7) is -0.448. The summed E-state index contributed by atoms with van der Waals surface area (Å²) in [5, 5.41) is 44.5. The summed E-state index contributed by atoms with van der Waals surface area (Å²) in [5.41, 5.74) is 13.9. The molecule has 4 aromatic carbocycles. The Balaban J connectivity index is 1.04. The third kappa shape index (κ3) is 20.8. The van der Waals surface area contributed by atoms with Crippen LogP contribution in [0, 0.1) is 11.6 Å². The van der Waals surface area contributed by atoms with Crippen LogP contribution in [-0.4, -0.2) is 168 Å². The Hall–Kier alpha value is -10.3. The van der Waals surface area contributed by atoms with Gasteiger partial charge in [0.15, 0.2) is 0 Å². The van der Waals surface area contributed by atoms with Gasteiger partial charge in [0, 0.05) is 101 Å². The smallest absolute Gasteiger partial charge is 0.305 e. The van der Waals surface area contributed by atoms with Crippen LogP contribution in [0.4, 0.5) is 8.78 Å². The van der Waals surface area contributed by atoms with Gasteiger partial charge in [-0.2, -0.15) is 23.5 Å². The lowest BCUT2D eigenvalue weighted by atomic mass is 10.0. The van der Waals surface area contributed by atoms with E-state index in [1.807, 2.05) is 24.3 Å². The van der Waals surface area contributed by atoms with Crippen LogP contribution < -0.4 is 59.3 Å². The molecule has 1 aliphatic heterocycles. The molecule has 9 rings (SSSR count). The monoisotopic (exact) mass is 1400 g/mol. The van der Waals surface area contributed by atoms with E-state index >= 15 is 9.59 Å². The number of aromatic nitrogens is 4. The molecule has 524 valence electrons. The molecule has 7 atom stereocenters. The first-order valence-electron chi connectivity index (χ1n) is 31.9. The van der Waals surface area contributed by atoms with Gasteiger partial charge >= 0.3 is 5.97 Å². The first-order valence-corrected chi connectivity index (χ1v) is 34.2. The second-order valence-corrected chi connectivity index (χ2v) is 26.4. The minimum Gasteiger partial charge on any atom is -0.508 e. The van der Waals surface area contributed by atoms with Crippen LogP contribution in [0.15, 0.2) is 110 Å². The lowest BCUT2D eigenvalue weighted by molar-refractivity contribution is -0.141. The highest BCUT2D eigenvalue weighted by molar-refractivity contribution is 7.98. The number of unbranched alkanes of at least 4 members (excludes halogenated alkanes) is 1. The van der Waals surface area contributed by atoms with Crippen LogP contribution in [0.25, 0.3) is 21.8 Å². The zero-order chi connectivity index (χ0) is 70.8. The number of nitrogens with zero attached hydrogens (tertiary/aromatic N) is 1. The van der Waals surface area contributed by atoms with Crippen LogP contribution >= 0.6 is 23.5 Å². The molecule has 32 heteroatoms. The lowest BCUT2D eigenvalue weighted by Crippen LogP contribution is -2.61. The Bertz CT molecular complexity index is 4090. The van der Waals surface area contributed by atoms with Crippen molar-refractivity contribution in [1.29, 1.82) is 0 Å². The number of phenols is 1. The van der Waals surface area contributed by atoms with Crippen molar-refractivity contribution in [3.05, 3.63) is 155 Å².